The number of aryl methyl sites for hydroxylation is 2. The van der Waals surface area contributed by atoms with Crippen molar-refractivity contribution in [3.63, 3.8) is 0 Å². The van der Waals surface area contributed by atoms with Crippen LogP contribution in [0.25, 0.3) is 5.69 Å². The summed E-state index contributed by atoms with van der Waals surface area (Å²) >= 11 is 7.38. The van der Waals surface area contributed by atoms with Crippen LogP contribution in [0.3, 0.4) is 0 Å². The summed E-state index contributed by atoms with van der Waals surface area (Å²) in [5.41, 5.74) is 3.79. The predicted molar refractivity (Wildman–Crippen MR) is 104 cm³/mol. The van der Waals surface area contributed by atoms with Gasteiger partial charge in [0, 0.05) is 0 Å². The molecule has 26 heavy (non-hydrogen) atoms. The zero-order valence-corrected chi connectivity index (χ0v) is 16.2. The molecular weight excluding hydrogens is 370 g/mol. The van der Waals surface area contributed by atoms with Gasteiger partial charge in [-0.3, -0.25) is 4.79 Å². The first-order valence-electron chi connectivity index (χ1n) is 8.04. The Bertz CT molecular complexity index is 943. The lowest BCUT2D eigenvalue weighted by atomic mass is 10.1. The third kappa shape index (κ3) is 4.05. The van der Waals surface area contributed by atoms with Crippen LogP contribution in [-0.4, -0.2) is 31.4 Å². The number of nitrogens with zero attached hydrogens (tertiary/aromatic N) is 4. The Labute approximate surface area is 160 Å². The lowest BCUT2D eigenvalue weighted by Gasteiger charge is -2.13. The number of amides is 1. The van der Waals surface area contributed by atoms with Crippen molar-refractivity contribution in [2.75, 3.05) is 5.32 Å². The van der Waals surface area contributed by atoms with Gasteiger partial charge < -0.3 is 5.32 Å². The molecule has 0 saturated carbocycles. The van der Waals surface area contributed by atoms with E-state index in [1.807, 2.05) is 37.3 Å². The number of benzene rings is 2. The zero-order valence-electron chi connectivity index (χ0n) is 14.6. The van der Waals surface area contributed by atoms with E-state index in [4.69, 9.17) is 11.6 Å². The Morgan fingerprint density at radius 2 is 1.96 bits per heavy atom. The number of carbonyl (C=O) groups excluding carboxylic acids is 1. The van der Waals surface area contributed by atoms with Gasteiger partial charge in [-0.15, -0.1) is 5.10 Å². The number of hydrogen-bond acceptors (Lipinski definition) is 5. The average Bonchev–Trinajstić information content (AvgIpc) is 3.07. The maximum absolute atomic E-state index is 12.5. The topological polar surface area (TPSA) is 72.7 Å². The Morgan fingerprint density at radius 3 is 2.69 bits per heavy atom. The summed E-state index contributed by atoms with van der Waals surface area (Å²) in [4.78, 5) is 12.5. The van der Waals surface area contributed by atoms with Gasteiger partial charge >= 0.3 is 0 Å². The Morgan fingerprint density at radius 1 is 1.19 bits per heavy atom. The van der Waals surface area contributed by atoms with E-state index >= 15 is 0 Å². The number of anilines is 1. The summed E-state index contributed by atoms with van der Waals surface area (Å²) in [6.07, 6.45) is 0. The summed E-state index contributed by atoms with van der Waals surface area (Å²) in [5, 5.41) is 15.3. The molecule has 6 nitrogen and oxygen atoms in total. The molecule has 0 fully saturated rings. The van der Waals surface area contributed by atoms with Crippen molar-refractivity contribution in [2.45, 2.75) is 31.2 Å². The number of para-hydroxylation sites is 1. The molecular formula is C18H18ClN5OS. The molecule has 3 aromatic rings. The van der Waals surface area contributed by atoms with E-state index in [0.717, 1.165) is 11.3 Å². The third-order valence-electron chi connectivity index (χ3n) is 3.96. The maximum Gasteiger partial charge on any atom is 0.237 e. The number of hydrogen-bond donors (Lipinski definition) is 1. The van der Waals surface area contributed by atoms with E-state index < -0.39 is 5.25 Å². The quantitative estimate of drug-likeness (QED) is 0.668. The molecule has 3 rings (SSSR count). The van der Waals surface area contributed by atoms with Crippen LogP contribution in [0.2, 0.25) is 5.02 Å². The number of thioether (sulfide) groups is 1. The molecule has 0 unspecified atom stereocenters. The average molecular weight is 388 g/mol. The minimum absolute atomic E-state index is 0.169. The van der Waals surface area contributed by atoms with Crippen LogP contribution >= 0.6 is 23.4 Å². The van der Waals surface area contributed by atoms with Gasteiger partial charge in [0.15, 0.2) is 0 Å². The number of nitrogens with one attached hydrogen (secondary N) is 1. The Hall–Kier alpha value is -2.38. The van der Waals surface area contributed by atoms with Gasteiger partial charge in [-0.05, 0) is 66.6 Å². The molecule has 0 bridgehead atoms. The Balaban J connectivity index is 1.75. The van der Waals surface area contributed by atoms with Crippen molar-refractivity contribution in [3.8, 4) is 5.69 Å². The van der Waals surface area contributed by atoms with Crippen molar-refractivity contribution in [3.05, 3.63) is 58.6 Å². The van der Waals surface area contributed by atoms with Crippen LogP contribution in [0, 0.1) is 13.8 Å². The lowest BCUT2D eigenvalue weighted by molar-refractivity contribution is -0.115. The van der Waals surface area contributed by atoms with Crippen LogP contribution in [0.5, 0.6) is 0 Å². The van der Waals surface area contributed by atoms with Gasteiger partial charge in [0.1, 0.15) is 0 Å². The van der Waals surface area contributed by atoms with Crippen molar-refractivity contribution < 1.29 is 4.79 Å². The molecule has 8 heteroatoms. The first-order chi connectivity index (χ1) is 12.5. The number of carbonyl (C=O) groups is 1. The predicted octanol–water partition coefficient (Wildman–Crippen LogP) is 4.05. The fourth-order valence-corrected chi connectivity index (χ4v) is 3.27. The van der Waals surface area contributed by atoms with Gasteiger partial charge in [0.05, 0.1) is 21.6 Å². The minimum Gasteiger partial charge on any atom is -0.324 e. The first-order valence-corrected chi connectivity index (χ1v) is 9.29. The fraction of sp³-hybridized carbons (Fsp3) is 0.222. The van der Waals surface area contributed by atoms with Crippen LogP contribution in [-0.2, 0) is 4.79 Å². The van der Waals surface area contributed by atoms with E-state index in [2.05, 4.69) is 27.8 Å². The first kappa shape index (κ1) is 18.4. The normalized spacial score (nSPS) is 12.0. The summed E-state index contributed by atoms with van der Waals surface area (Å²) in [7, 11) is 0. The van der Waals surface area contributed by atoms with Gasteiger partial charge in [0.2, 0.25) is 11.1 Å². The molecule has 1 atom stereocenters. The molecule has 1 aromatic heterocycles. The van der Waals surface area contributed by atoms with Crippen LogP contribution in [0.4, 0.5) is 5.69 Å². The number of halogens is 1. The molecule has 2 aromatic carbocycles. The summed E-state index contributed by atoms with van der Waals surface area (Å²) in [6, 6.07) is 13.1. The molecule has 1 N–H and O–H groups in total. The molecule has 1 amide bonds. The van der Waals surface area contributed by atoms with E-state index in [1.165, 1.54) is 17.3 Å². The zero-order chi connectivity index (χ0) is 18.7. The number of rotatable bonds is 5. The maximum atomic E-state index is 12.5. The van der Waals surface area contributed by atoms with Crippen LogP contribution in [0.1, 0.15) is 18.1 Å². The molecule has 0 aliphatic carbocycles. The van der Waals surface area contributed by atoms with Crippen molar-refractivity contribution in [1.29, 1.82) is 0 Å². The summed E-state index contributed by atoms with van der Waals surface area (Å²) in [5.74, 6) is -0.169. The molecule has 134 valence electrons. The third-order valence-corrected chi connectivity index (χ3v) is 5.32. The highest BCUT2D eigenvalue weighted by atomic mass is 35.5. The van der Waals surface area contributed by atoms with Crippen molar-refractivity contribution in [1.82, 2.24) is 20.2 Å². The van der Waals surface area contributed by atoms with E-state index in [0.29, 0.717) is 15.9 Å². The van der Waals surface area contributed by atoms with Gasteiger partial charge in [-0.2, -0.15) is 4.68 Å². The second-order valence-electron chi connectivity index (χ2n) is 5.87. The van der Waals surface area contributed by atoms with Crippen LogP contribution in [0.15, 0.2) is 47.6 Å². The highest BCUT2D eigenvalue weighted by Crippen LogP contribution is 2.26. The minimum atomic E-state index is -0.400. The lowest BCUT2D eigenvalue weighted by Crippen LogP contribution is -2.23. The number of aromatic nitrogens is 4. The monoisotopic (exact) mass is 387 g/mol. The highest BCUT2D eigenvalue weighted by molar-refractivity contribution is 8.00. The van der Waals surface area contributed by atoms with Gasteiger partial charge in [-0.1, -0.05) is 41.6 Å². The number of tetrazole rings is 1. The standard InChI is InChI=1S/C18H18ClN5OS/c1-11-8-9-14(10-12(11)2)24-18(21-22-23-24)26-13(3)17(25)20-16-7-5-4-6-15(16)19/h4-10,13H,1-3H3,(H,20,25)/t13-/m1/s1. The van der Waals surface area contributed by atoms with Gasteiger partial charge in [0.25, 0.3) is 0 Å². The van der Waals surface area contributed by atoms with Crippen molar-refractivity contribution >= 4 is 35.0 Å². The molecule has 1 heterocycles. The summed E-state index contributed by atoms with van der Waals surface area (Å²) in [6.45, 7) is 5.89. The largest absolute Gasteiger partial charge is 0.324 e. The molecule has 0 saturated heterocycles. The second-order valence-corrected chi connectivity index (χ2v) is 7.59. The Kier molecular flexibility index (Phi) is 5.58. The van der Waals surface area contributed by atoms with Gasteiger partial charge in [-0.25, -0.2) is 0 Å². The molecule has 0 radical (unpaired) electrons. The van der Waals surface area contributed by atoms with Crippen molar-refractivity contribution in [2.24, 2.45) is 0 Å². The molecule has 0 spiro atoms. The highest BCUT2D eigenvalue weighted by Gasteiger charge is 2.20. The van der Waals surface area contributed by atoms with Crippen LogP contribution < -0.4 is 5.32 Å². The van der Waals surface area contributed by atoms with E-state index in [1.54, 1.807) is 23.7 Å². The summed E-state index contributed by atoms with van der Waals surface area (Å²) < 4.78 is 1.64. The molecule has 0 aliphatic heterocycles. The fourth-order valence-electron chi connectivity index (χ4n) is 2.28. The van der Waals surface area contributed by atoms with E-state index in [9.17, 15) is 4.79 Å². The smallest absolute Gasteiger partial charge is 0.237 e. The molecule has 0 aliphatic rings. The SMILES string of the molecule is Cc1ccc(-n2nnnc2S[C@H](C)C(=O)Nc2ccccc2Cl)cc1C. The van der Waals surface area contributed by atoms with E-state index in [-0.39, 0.29) is 5.91 Å². The second kappa shape index (κ2) is 7.88.